The third-order valence-corrected chi connectivity index (χ3v) is 4.93. The quantitative estimate of drug-likeness (QED) is 0.433. The molecule has 11 heteroatoms. The summed E-state index contributed by atoms with van der Waals surface area (Å²) in [5, 5.41) is 5.56. The molecule has 1 heterocycles. The number of halogens is 5. The van der Waals surface area contributed by atoms with Crippen molar-refractivity contribution in [1.29, 1.82) is 0 Å². The summed E-state index contributed by atoms with van der Waals surface area (Å²) in [6, 6.07) is 1.32. The molecule has 1 aromatic carbocycles. The van der Waals surface area contributed by atoms with Gasteiger partial charge in [0, 0.05) is 32.4 Å². The minimum absolute atomic E-state index is 0.0183. The maximum absolute atomic E-state index is 13.8. The molecule has 1 aromatic heterocycles. The van der Waals surface area contributed by atoms with E-state index in [9.17, 15) is 26.7 Å². The third-order valence-electron chi connectivity index (χ3n) is 4.93. The zero-order valence-electron chi connectivity index (χ0n) is 16.3. The highest BCUT2D eigenvalue weighted by molar-refractivity contribution is 5.95. The van der Waals surface area contributed by atoms with E-state index in [0.717, 1.165) is 5.82 Å². The topological polar surface area (TPSA) is 70.2 Å². The lowest BCUT2D eigenvalue weighted by molar-refractivity contribution is 0.0914. The summed E-state index contributed by atoms with van der Waals surface area (Å²) in [6.45, 7) is 0. The molecule has 2 N–H and O–H groups in total. The number of benzene rings is 1. The van der Waals surface area contributed by atoms with Crippen molar-refractivity contribution in [3.05, 3.63) is 46.9 Å². The molecule has 3 rings (SSSR count). The first-order valence-electron chi connectivity index (χ1n) is 9.28. The van der Waals surface area contributed by atoms with Gasteiger partial charge >= 0.3 is 0 Å². The highest BCUT2D eigenvalue weighted by atomic mass is 19.2. The Kier molecular flexibility index (Phi) is 6.37. The van der Waals surface area contributed by atoms with Crippen molar-refractivity contribution in [1.82, 2.24) is 15.3 Å². The first-order valence-corrected chi connectivity index (χ1v) is 9.28. The Balaban J connectivity index is 1.60. The van der Waals surface area contributed by atoms with E-state index in [0.29, 0.717) is 31.6 Å². The van der Waals surface area contributed by atoms with E-state index in [-0.39, 0.29) is 6.04 Å². The van der Waals surface area contributed by atoms with Crippen molar-refractivity contribution in [2.45, 2.75) is 37.8 Å². The van der Waals surface area contributed by atoms with Crippen LogP contribution in [0.4, 0.5) is 33.7 Å². The van der Waals surface area contributed by atoms with Gasteiger partial charge in [-0.1, -0.05) is 0 Å². The summed E-state index contributed by atoms with van der Waals surface area (Å²) < 4.78 is 67.3. The van der Waals surface area contributed by atoms with Crippen molar-refractivity contribution >= 4 is 17.7 Å². The van der Waals surface area contributed by atoms with Crippen molar-refractivity contribution in [2.75, 3.05) is 24.3 Å². The number of aromatic nitrogens is 2. The number of rotatable bonds is 5. The summed E-state index contributed by atoms with van der Waals surface area (Å²) >= 11 is 0. The standard InChI is InChI=1S/C19H20F5N5O/c1-29(2)11-7-8-25-19(28-11)27-10-5-3-9(4-6-10)26-18(30)12-13(20)15(22)17(24)16(23)14(12)21/h7-10H,3-6H2,1-2H3,(H,26,30)(H,25,27,28). The first kappa shape index (κ1) is 21.7. The summed E-state index contributed by atoms with van der Waals surface area (Å²) in [4.78, 5) is 22.5. The second-order valence-electron chi connectivity index (χ2n) is 7.24. The van der Waals surface area contributed by atoms with Crippen LogP contribution in [0, 0.1) is 29.1 Å². The van der Waals surface area contributed by atoms with Crippen LogP contribution in [0.1, 0.15) is 36.0 Å². The Hall–Kier alpha value is -2.98. The Morgan fingerprint density at radius 2 is 1.47 bits per heavy atom. The van der Waals surface area contributed by atoms with Crippen molar-refractivity contribution in [3.8, 4) is 0 Å². The van der Waals surface area contributed by atoms with Gasteiger partial charge in [0.2, 0.25) is 11.8 Å². The maximum atomic E-state index is 13.8. The van der Waals surface area contributed by atoms with Crippen LogP contribution in [0.15, 0.2) is 12.3 Å². The maximum Gasteiger partial charge on any atom is 0.257 e. The lowest BCUT2D eigenvalue weighted by atomic mass is 9.91. The van der Waals surface area contributed by atoms with Crippen LogP contribution < -0.4 is 15.5 Å². The largest absolute Gasteiger partial charge is 0.363 e. The van der Waals surface area contributed by atoms with Gasteiger partial charge < -0.3 is 15.5 Å². The van der Waals surface area contributed by atoms with Gasteiger partial charge in [-0.25, -0.2) is 26.9 Å². The molecule has 1 fully saturated rings. The van der Waals surface area contributed by atoms with Gasteiger partial charge in [0.05, 0.1) is 0 Å². The number of hydrogen-bond acceptors (Lipinski definition) is 5. The van der Waals surface area contributed by atoms with Gasteiger partial charge in [0.1, 0.15) is 11.4 Å². The number of nitrogens with one attached hydrogen (secondary N) is 2. The molecule has 1 aliphatic rings. The van der Waals surface area contributed by atoms with Crippen molar-refractivity contribution in [3.63, 3.8) is 0 Å². The molecule has 0 radical (unpaired) electrons. The van der Waals surface area contributed by atoms with E-state index < -0.39 is 46.6 Å². The van der Waals surface area contributed by atoms with Crippen LogP contribution in [0.25, 0.3) is 0 Å². The molecular formula is C19H20F5N5O. The van der Waals surface area contributed by atoms with Crippen LogP contribution in [0.3, 0.4) is 0 Å². The minimum atomic E-state index is -2.30. The molecule has 6 nitrogen and oxygen atoms in total. The normalized spacial score (nSPS) is 18.8. The molecule has 0 bridgehead atoms. The summed E-state index contributed by atoms with van der Waals surface area (Å²) in [7, 11) is 3.70. The molecule has 0 spiro atoms. The van der Waals surface area contributed by atoms with Crippen molar-refractivity contribution in [2.24, 2.45) is 0 Å². The number of anilines is 2. The predicted octanol–water partition coefficient (Wildman–Crippen LogP) is 3.39. The molecule has 2 aromatic rings. The first-order chi connectivity index (χ1) is 14.2. The average Bonchev–Trinajstić information content (AvgIpc) is 2.72. The number of amides is 1. The summed E-state index contributed by atoms with van der Waals surface area (Å²) in [6.07, 6.45) is 3.72. The lowest BCUT2D eigenvalue weighted by Gasteiger charge is -2.30. The van der Waals surface area contributed by atoms with E-state index in [4.69, 9.17) is 0 Å². The van der Waals surface area contributed by atoms with Crippen LogP contribution >= 0.6 is 0 Å². The fourth-order valence-electron chi connectivity index (χ4n) is 3.29. The average molecular weight is 429 g/mol. The Labute approximate surface area is 169 Å². The van der Waals surface area contributed by atoms with Crippen LogP contribution in [-0.2, 0) is 0 Å². The van der Waals surface area contributed by atoms with E-state index in [2.05, 4.69) is 20.6 Å². The molecule has 0 unspecified atom stereocenters. The number of carbonyl (C=O) groups excluding carboxylic acids is 1. The van der Waals surface area contributed by atoms with Gasteiger partial charge in [0.25, 0.3) is 5.91 Å². The van der Waals surface area contributed by atoms with E-state index in [1.54, 1.807) is 12.3 Å². The number of hydrogen-bond donors (Lipinski definition) is 2. The summed E-state index contributed by atoms with van der Waals surface area (Å²) in [5.41, 5.74) is -1.47. The fraction of sp³-hybridized carbons (Fsp3) is 0.421. The molecule has 0 saturated heterocycles. The van der Waals surface area contributed by atoms with Gasteiger partial charge in [-0.15, -0.1) is 0 Å². The molecule has 0 aliphatic heterocycles. The second-order valence-corrected chi connectivity index (χ2v) is 7.24. The minimum Gasteiger partial charge on any atom is -0.363 e. The van der Waals surface area contributed by atoms with Crippen LogP contribution in [0.2, 0.25) is 0 Å². The molecule has 162 valence electrons. The number of carbonyl (C=O) groups is 1. The highest BCUT2D eigenvalue weighted by Gasteiger charge is 2.31. The SMILES string of the molecule is CN(C)c1ccnc(NC2CCC(NC(=O)c3c(F)c(F)c(F)c(F)c3F)CC2)n1. The van der Waals surface area contributed by atoms with Gasteiger partial charge in [-0.3, -0.25) is 4.79 Å². The highest BCUT2D eigenvalue weighted by Crippen LogP contribution is 2.25. The van der Waals surface area contributed by atoms with E-state index in [1.807, 2.05) is 19.0 Å². The molecule has 0 atom stereocenters. The van der Waals surface area contributed by atoms with Gasteiger partial charge in [-0.2, -0.15) is 4.98 Å². The van der Waals surface area contributed by atoms with E-state index >= 15 is 0 Å². The second kappa shape index (κ2) is 8.80. The zero-order chi connectivity index (χ0) is 22.0. The molecule has 1 amide bonds. The number of nitrogens with zero attached hydrogens (tertiary/aromatic N) is 3. The summed E-state index contributed by atoms with van der Waals surface area (Å²) in [5.74, 6) is -11.0. The van der Waals surface area contributed by atoms with E-state index in [1.165, 1.54) is 0 Å². The lowest BCUT2D eigenvalue weighted by Crippen LogP contribution is -2.41. The molecule has 1 saturated carbocycles. The predicted molar refractivity (Wildman–Crippen MR) is 99.7 cm³/mol. The molecule has 30 heavy (non-hydrogen) atoms. The Morgan fingerprint density at radius 3 is 2.03 bits per heavy atom. The molecule has 1 aliphatic carbocycles. The Bertz CT molecular complexity index is 918. The third kappa shape index (κ3) is 4.44. The Morgan fingerprint density at radius 1 is 0.933 bits per heavy atom. The zero-order valence-corrected chi connectivity index (χ0v) is 16.3. The van der Waals surface area contributed by atoms with Gasteiger partial charge in [-0.05, 0) is 31.7 Å². The monoisotopic (exact) mass is 429 g/mol. The van der Waals surface area contributed by atoms with Crippen LogP contribution in [-0.4, -0.2) is 42.1 Å². The van der Waals surface area contributed by atoms with Crippen molar-refractivity contribution < 1.29 is 26.7 Å². The fourth-order valence-corrected chi connectivity index (χ4v) is 3.29. The van der Waals surface area contributed by atoms with Crippen LogP contribution in [0.5, 0.6) is 0 Å². The smallest absolute Gasteiger partial charge is 0.257 e. The molecular weight excluding hydrogens is 409 g/mol. The van der Waals surface area contributed by atoms with Gasteiger partial charge in [0.15, 0.2) is 23.3 Å².